The van der Waals surface area contributed by atoms with Crippen LogP contribution >= 0.6 is 23.1 Å². The van der Waals surface area contributed by atoms with Crippen LogP contribution in [-0.4, -0.2) is 29.0 Å². The van der Waals surface area contributed by atoms with Gasteiger partial charge in [-0.3, -0.25) is 4.79 Å². The van der Waals surface area contributed by atoms with Crippen molar-refractivity contribution in [2.75, 3.05) is 18.2 Å². The Kier molecular flexibility index (Phi) is 4.94. The molecular weight excluding hydrogens is 334 g/mol. The Morgan fingerprint density at radius 3 is 3.04 bits per heavy atom. The molecule has 0 fully saturated rings. The first kappa shape index (κ1) is 15.6. The minimum absolute atomic E-state index is 0.154. The number of methoxy groups -OCH3 is 1. The third-order valence-corrected chi connectivity index (χ3v) is 4.49. The molecule has 0 atom stereocenters. The van der Waals surface area contributed by atoms with Crippen LogP contribution in [0.3, 0.4) is 0 Å². The minimum Gasteiger partial charge on any atom is -0.497 e. The first-order valence-electron chi connectivity index (χ1n) is 6.68. The van der Waals surface area contributed by atoms with Gasteiger partial charge in [0.05, 0.1) is 17.7 Å². The first-order valence-corrected chi connectivity index (χ1v) is 8.55. The molecule has 0 aliphatic heterocycles. The van der Waals surface area contributed by atoms with Crippen molar-refractivity contribution in [3.63, 3.8) is 0 Å². The lowest BCUT2D eigenvalue weighted by Crippen LogP contribution is -2.13. The standard InChI is InChI=1S/C15H13N3O3S2/c1-20-11-5-2-4-10(8-11)16-13(19)9-23-15-18-17-14(21-15)12-6-3-7-22-12/h2-8H,9H2,1H3,(H,16,19). The van der Waals surface area contributed by atoms with E-state index in [1.165, 1.54) is 23.1 Å². The van der Waals surface area contributed by atoms with Gasteiger partial charge in [-0.05, 0) is 23.6 Å². The van der Waals surface area contributed by atoms with Gasteiger partial charge in [0.25, 0.3) is 11.1 Å². The molecule has 1 N–H and O–H groups in total. The number of benzene rings is 1. The summed E-state index contributed by atoms with van der Waals surface area (Å²) >= 11 is 2.72. The summed E-state index contributed by atoms with van der Waals surface area (Å²) in [7, 11) is 1.58. The van der Waals surface area contributed by atoms with Gasteiger partial charge in [-0.1, -0.05) is 23.9 Å². The van der Waals surface area contributed by atoms with Crippen molar-refractivity contribution in [1.29, 1.82) is 0 Å². The zero-order valence-corrected chi connectivity index (χ0v) is 13.8. The molecule has 3 rings (SSSR count). The van der Waals surface area contributed by atoms with Crippen LogP contribution in [0, 0.1) is 0 Å². The number of hydrogen-bond donors (Lipinski definition) is 1. The van der Waals surface area contributed by atoms with Crippen LogP contribution in [0.2, 0.25) is 0 Å². The molecule has 0 radical (unpaired) electrons. The minimum atomic E-state index is -0.154. The second kappa shape index (κ2) is 7.30. The van der Waals surface area contributed by atoms with Crippen molar-refractivity contribution in [2.24, 2.45) is 0 Å². The summed E-state index contributed by atoms with van der Waals surface area (Å²) in [5.74, 6) is 1.19. The molecule has 0 unspecified atom stereocenters. The molecule has 0 saturated carbocycles. The summed E-state index contributed by atoms with van der Waals surface area (Å²) < 4.78 is 10.6. The third kappa shape index (κ3) is 4.11. The number of carbonyl (C=O) groups excluding carboxylic acids is 1. The topological polar surface area (TPSA) is 77.2 Å². The van der Waals surface area contributed by atoms with E-state index in [0.29, 0.717) is 22.6 Å². The summed E-state index contributed by atoms with van der Waals surface area (Å²) in [6.07, 6.45) is 0. The molecule has 6 nitrogen and oxygen atoms in total. The summed E-state index contributed by atoms with van der Waals surface area (Å²) in [4.78, 5) is 12.9. The molecule has 0 aliphatic rings. The van der Waals surface area contributed by atoms with Gasteiger partial charge in [-0.2, -0.15) is 0 Å². The van der Waals surface area contributed by atoms with Gasteiger partial charge in [0.15, 0.2) is 0 Å². The number of nitrogens with one attached hydrogen (secondary N) is 1. The van der Waals surface area contributed by atoms with E-state index in [1.807, 2.05) is 29.6 Å². The Morgan fingerprint density at radius 1 is 1.35 bits per heavy atom. The van der Waals surface area contributed by atoms with Crippen molar-refractivity contribution in [3.8, 4) is 16.5 Å². The van der Waals surface area contributed by atoms with Crippen LogP contribution in [0.4, 0.5) is 5.69 Å². The fraction of sp³-hybridized carbons (Fsp3) is 0.133. The summed E-state index contributed by atoms with van der Waals surface area (Å²) in [6.45, 7) is 0. The van der Waals surface area contributed by atoms with Gasteiger partial charge in [0.2, 0.25) is 5.91 Å². The lowest BCUT2D eigenvalue weighted by atomic mass is 10.3. The van der Waals surface area contributed by atoms with Crippen LogP contribution in [0.15, 0.2) is 51.4 Å². The zero-order valence-electron chi connectivity index (χ0n) is 12.2. The smallest absolute Gasteiger partial charge is 0.277 e. The molecule has 8 heteroatoms. The normalized spacial score (nSPS) is 10.5. The highest BCUT2D eigenvalue weighted by atomic mass is 32.2. The third-order valence-electron chi connectivity index (χ3n) is 2.82. The van der Waals surface area contributed by atoms with Crippen LogP contribution in [0.5, 0.6) is 5.75 Å². The number of ether oxygens (including phenoxy) is 1. The quantitative estimate of drug-likeness (QED) is 0.687. The predicted molar refractivity (Wildman–Crippen MR) is 90.0 cm³/mol. The van der Waals surface area contributed by atoms with E-state index in [2.05, 4.69) is 15.5 Å². The van der Waals surface area contributed by atoms with Crippen molar-refractivity contribution in [1.82, 2.24) is 10.2 Å². The Labute approximate surface area is 140 Å². The number of amides is 1. The number of aromatic nitrogens is 2. The van der Waals surface area contributed by atoms with Crippen molar-refractivity contribution >= 4 is 34.7 Å². The highest BCUT2D eigenvalue weighted by Crippen LogP contribution is 2.26. The second-order valence-electron chi connectivity index (χ2n) is 4.42. The molecule has 118 valence electrons. The Bertz CT molecular complexity index is 787. The van der Waals surface area contributed by atoms with Crippen molar-refractivity contribution in [3.05, 3.63) is 41.8 Å². The summed E-state index contributed by atoms with van der Waals surface area (Å²) in [5.41, 5.74) is 0.680. The van der Waals surface area contributed by atoms with Crippen LogP contribution in [-0.2, 0) is 4.79 Å². The van der Waals surface area contributed by atoms with E-state index >= 15 is 0 Å². The second-order valence-corrected chi connectivity index (χ2v) is 6.29. The SMILES string of the molecule is COc1cccc(NC(=O)CSc2nnc(-c3cccs3)o2)c1. The molecular formula is C15H13N3O3S2. The zero-order chi connectivity index (χ0) is 16.1. The average molecular weight is 347 g/mol. The molecule has 0 aliphatic carbocycles. The first-order chi connectivity index (χ1) is 11.2. The van der Waals surface area contributed by atoms with Crippen molar-refractivity contribution < 1.29 is 13.9 Å². The highest BCUT2D eigenvalue weighted by Gasteiger charge is 2.12. The van der Waals surface area contributed by atoms with E-state index in [4.69, 9.17) is 9.15 Å². The maximum absolute atomic E-state index is 12.0. The fourth-order valence-corrected chi connectivity index (χ4v) is 3.00. The van der Waals surface area contributed by atoms with Gasteiger partial charge in [-0.25, -0.2) is 0 Å². The molecule has 0 bridgehead atoms. The molecule has 2 aromatic heterocycles. The average Bonchev–Trinajstić information content (AvgIpc) is 3.24. The van der Waals surface area contributed by atoms with Crippen molar-refractivity contribution in [2.45, 2.75) is 5.22 Å². The molecule has 23 heavy (non-hydrogen) atoms. The Balaban J connectivity index is 1.54. The molecule has 2 heterocycles. The molecule has 3 aromatic rings. The van der Waals surface area contributed by atoms with Gasteiger partial charge in [0, 0.05) is 11.8 Å². The largest absolute Gasteiger partial charge is 0.497 e. The number of hydrogen-bond acceptors (Lipinski definition) is 7. The van der Waals surface area contributed by atoms with E-state index in [1.54, 1.807) is 19.2 Å². The van der Waals surface area contributed by atoms with E-state index < -0.39 is 0 Å². The van der Waals surface area contributed by atoms with Gasteiger partial charge in [0.1, 0.15) is 5.75 Å². The number of anilines is 1. The molecule has 0 saturated heterocycles. The fourth-order valence-electron chi connectivity index (χ4n) is 1.79. The molecule has 1 amide bonds. The number of thiophene rings is 1. The maximum Gasteiger partial charge on any atom is 0.277 e. The predicted octanol–water partition coefficient (Wildman–Crippen LogP) is 3.54. The lowest BCUT2D eigenvalue weighted by Gasteiger charge is -2.05. The molecule has 1 aromatic carbocycles. The highest BCUT2D eigenvalue weighted by molar-refractivity contribution is 7.99. The Hall–Kier alpha value is -2.32. The number of nitrogens with zero attached hydrogens (tertiary/aromatic N) is 2. The van der Waals surface area contributed by atoms with E-state index in [0.717, 1.165) is 4.88 Å². The summed E-state index contributed by atoms with van der Waals surface area (Å²) in [6, 6.07) is 11.0. The van der Waals surface area contributed by atoms with E-state index in [-0.39, 0.29) is 11.7 Å². The maximum atomic E-state index is 12.0. The van der Waals surface area contributed by atoms with Gasteiger partial charge in [-0.15, -0.1) is 21.5 Å². The van der Waals surface area contributed by atoms with Gasteiger partial charge < -0.3 is 14.5 Å². The van der Waals surface area contributed by atoms with Crippen LogP contribution < -0.4 is 10.1 Å². The number of rotatable bonds is 6. The van der Waals surface area contributed by atoms with Crippen LogP contribution in [0.25, 0.3) is 10.8 Å². The number of carbonyl (C=O) groups is 1. The monoisotopic (exact) mass is 347 g/mol. The summed E-state index contributed by atoms with van der Waals surface area (Å²) in [5, 5.41) is 13.0. The molecule has 0 spiro atoms. The van der Waals surface area contributed by atoms with Crippen LogP contribution in [0.1, 0.15) is 0 Å². The van der Waals surface area contributed by atoms with E-state index in [9.17, 15) is 4.79 Å². The Morgan fingerprint density at radius 2 is 2.26 bits per heavy atom. The number of thioether (sulfide) groups is 1. The lowest BCUT2D eigenvalue weighted by molar-refractivity contribution is -0.113. The van der Waals surface area contributed by atoms with Gasteiger partial charge >= 0.3 is 0 Å².